The molecule has 1 atom stereocenters. The summed E-state index contributed by atoms with van der Waals surface area (Å²) in [7, 11) is 0. The van der Waals surface area contributed by atoms with Crippen LogP contribution in [0.4, 0.5) is 4.79 Å². The molecule has 2 fully saturated rings. The van der Waals surface area contributed by atoms with Crippen molar-refractivity contribution in [1.82, 2.24) is 15.1 Å². The molecule has 0 saturated carbocycles. The number of amides is 4. The molecule has 1 aromatic heterocycles. The summed E-state index contributed by atoms with van der Waals surface area (Å²) in [5, 5.41) is 5.05. The minimum atomic E-state index is -0.909. The Labute approximate surface area is 204 Å². The molecule has 4 amide bonds. The third kappa shape index (κ3) is 4.51. The van der Waals surface area contributed by atoms with E-state index in [2.05, 4.69) is 5.32 Å². The summed E-state index contributed by atoms with van der Waals surface area (Å²) in [5.41, 5.74) is -0.0633. The molecule has 0 radical (unpaired) electrons. The maximum atomic E-state index is 13.6. The van der Waals surface area contributed by atoms with Gasteiger partial charge in [0.25, 0.3) is 11.8 Å². The van der Waals surface area contributed by atoms with Crippen molar-refractivity contribution in [3.63, 3.8) is 0 Å². The van der Waals surface area contributed by atoms with Gasteiger partial charge in [-0.25, -0.2) is 4.79 Å². The van der Waals surface area contributed by atoms with Crippen LogP contribution in [0.25, 0.3) is 0 Å². The first-order valence-corrected chi connectivity index (χ1v) is 12.8. The Morgan fingerprint density at radius 3 is 2.41 bits per heavy atom. The number of Topliss-reactive ketones (excluding diaryl/α,β-unsaturated/α-hetero) is 1. The van der Waals surface area contributed by atoms with Crippen LogP contribution in [0, 0.1) is 5.92 Å². The number of hydrogen-bond donors (Lipinski definition) is 1. The molecule has 2 saturated heterocycles. The molecule has 7 nitrogen and oxygen atoms in total. The lowest BCUT2D eigenvalue weighted by Gasteiger charge is -2.41. The van der Waals surface area contributed by atoms with E-state index in [9.17, 15) is 19.2 Å². The first-order chi connectivity index (χ1) is 16.4. The van der Waals surface area contributed by atoms with Gasteiger partial charge < -0.3 is 10.2 Å². The number of piperidine rings is 1. The number of rotatable bonds is 8. The Morgan fingerprint density at radius 2 is 1.79 bits per heavy atom. The third-order valence-corrected chi connectivity index (χ3v) is 7.96. The first kappa shape index (κ1) is 24.1. The lowest BCUT2D eigenvalue weighted by molar-refractivity contribution is -0.134. The molecule has 8 heteroatoms. The van der Waals surface area contributed by atoms with E-state index >= 15 is 0 Å². The molecule has 2 aromatic rings. The molecule has 2 aliphatic rings. The fraction of sp³-hybridized carbons (Fsp3) is 0.462. The van der Waals surface area contributed by atoms with Gasteiger partial charge in [0.15, 0.2) is 5.78 Å². The summed E-state index contributed by atoms with van der Waals surface area (Å²) < 4.78 is 0. The van der Waals surface area contributed by atoms with E-state index in [1.165, 1.54) is 11.8 Å². The predicted molar refractivity (Wildman–Crippen MR) is 131 cm³/mol. The van der Waals surface area contributed by atoms with Crippen LogP contribution in [-0.2, 0) is 11.2 Å². The standard InChI is InChI=1S/C26H31N3O4S/c1-3-13-26(24(32)29(25(33)27-26)16-12-20-7-6-17-34-20)19-10-14-28(15-11-19)23(31)22-9-5-4-8-21(22)18(2)30/h4-9,17,19H,3,10-16H2,1-2H3,(H,27,33)/t26-/m0/s1. The SMILES string of the molecule is CCC[C@@]1(C2CCN(C(=O)c3ccccc3C(C)=O)CC2)NC(=O)N(CCc2cccs2)C1=O. The molecular weight excluding hydrogens is 450 g/mol. The van der Waals surface area contributed by atoms with Crippen LogP contribution in [0.15, 0.2) is 41.8 Å². The highest BCUT2D eigenvalue weighted by Gasteiger charge is 2.55. The fourth-order valence-electron chi connectivity index (χ4n) is 5.29. The second-order valence-electron chi connectivity index (χ2n) is 9.11. The number of carbonyl (C=O) groups excluding carboxylic acids is 4. The van der Waals surface area contributed by atoms with Crippen molar-refractivity contribution in [2.75, 3.05) is 19.6 Å². The van der Waals surface area contributed by atoms with Crippen molar-refractivity contribution in [1.29, 1.82) is 0 Å². The average molecular weight is 482 g/mol. The molecular formula is C26H31N3O4S. The number of likely N-dealkylation sites (tertiary alicyclic amines) is 1. The zero-order valence-corrected chi connectivity index (χ0v) is 20.5. The van der Waals surface area contributed by atoms with Crippen LogP contribution in [0.1, 0.15) is 65.1 Å². The topological polar surface area (TPSA) is 86.8 Å². The fourth-order valence-corrected chi connectivity index (χ4v) is 5.99. The molecule has 0 aliphatic carbocycles. The van der Waals surface area contributed by atoms with Crippen molar-refractivity contribution in [3.8, 4) is 0 Å². The molecule has 4 rings (SSSR count). The summed E-state index contributed by atoms with van der Waals surface area (Å²) in [6.45, 7) is 4.83. The van der Waals surface area contributed by atoms with Gasteiger partial charge in [-0.2, -0.15) is 0 Å². The average Bonchev–Trinajstić information content (AvgIpc) is 3.44. The minimum absolute atomic E-state index is 0.0391. The van der Waals surface area contributed by atoms with Gasteiger partial charge in [-0.3, -0.25) is 19.3 Å². The maximum absolute atomic E-state index is 13.6. The quantitative estimate of drug-likeness (QED) is 0.454. The third-order valence-electron chi connectivity index (χ3n) is 7.02. The predicted octanol–water partition coefficient (Wildman–Crippen LogP) is 4.14. The van der Waals surface area contributed by atoms with Gasteiger partial charge in [0.1, 0.15) is 5.54 Å². The second-order valence-corrected chi connectivity index (χ2v) is 10.1. The van der Waals surface area contributed by atoms with Gasteiger partial charge in [-0.1, -0.05) is 37.6 Å². The zero-order chi connectivity index (χ0) is 24.3. The Kier molecular flexibility index (Phi) is 7.16. The maximum Gasteiger partial charge on any atom is 0.325 e. The monoisotopic (exact) mass is 481 g/mol. The molecule has 0 unspecified atom stereocenters. The van der Waals surface area contributed by atoms with Crippen LogP contribution in [0.3, 0.4) is 0 Å². The summed E-state index contributed by atoms with van der Waals surface area (Å²) in [6.07, 6.45) is 3.26. The number of nitrogens with one attached hydrogen (secondary N) is 1. The van der Waals surface area contributed by atoms with E-state index in [-0.39, 0.29) is 29.5 Å². The molecule has 3 heterocycles. The number of nitrogens with zero attached hydrogens (tertiary/aromatic N) is 2. The van der Waals surface area contributed by atoms with Crippen molar-refractivity contribution < 1.29 is 19.2 Å². The second kappa shape index (κ2) is 10.1. The smallest absolute Gasteiger partial charge is 0.325 e. The van der Waals surface area contributed by atoms with Gasteiger partial charge >= 0.3 is 6.03 Å². The van der Waals surface area contributed by atoms with Crippen LogP contribution < -0.4 is 5.32 Å². The highest BCUT2D eigenvalue weighted by Crippen LogP contribution is 2.37. The Hall–Kier alpha value is -3.00. The normalized spacial score (nSPS) is 21.1. The number of urea groups is 1. The minimum Gasteiger partial charge on any atom is -0.339 e. The van der Waals surface area contributed by atoms with Gasteiger partial charge in [0.05, 0.1) is 5.56 Å². The molecule has 2 aliphatic heterocycles. The lowest BCUT2D eigenvalue weighted by atomic mass is 9.74. The van der Waals surface area contributed by atoms with Gasteiger partial charge in [0, 0.05) is 30.1 Å². The van der Waals surface area contributed by atoms with Crippen LogP contribution in [-0.4, -0.2) is 58.6 Å². The van der Waals surface area contributed by atoms with Crippen LogP contribution >= 0.6 is 11.3 Å². The van der Waals surface area contributed by atoms with Crippen molar-refractivity contribution in [2.24, 2.45) is 5.92 Å². The number of ketones is 1. The number of benzene rings is 1. The number of carbonyl (C=O) groups is 4. The molecule has 0 bridgehead atoms. The summed E-state index contributed by atoms with van der Waals surface area (Å²) in [6, 6.07) is 10.6. The van der Waals surface area contributed by atoms with E-state index < -0.39 is 5.54 Å². The Bertz CT molecular complexity index is 1080. The first-order valence-electron chi connectivity index (χ1n) is 11.9. The van der Waals surface area contributed by atoms with Gasteiger partial charge in [-0.05, 0) is 56.0 Å². The number of imide groups is 1. The van der Waals surface area contributed by atoms with Crippen molar-refractivity contribution in [3.05, 3.63) is 57.8 Å². The zero-order valence-electron chi connectivity index (χ0n) is 19.7. The number of thiophene rings is 1. The molecule has 1 N–H and O–H groups in total. The number of hydrogen-bond acceptors (Lipinski definition) is 5. The molecule has 180 valence electrons. The summed E-state index contributed by atoms with van der Waals surface area (Å²) in [4.78, 5) is 55.8. The van der Waals surface area contributed by atoms with E-state index in [1.807, 2.05) is 24.4 Å². The lowest BCUT2D eigenvalue weighted by Crippen LogP contribution is -2.56. The van der Waals surface area contributed by atoms with Gasteiger partial charge in [0.2, 0.25) is 0 Å². The van der Waals surface area contributed by atoms with Crippen molar-refractivity contribution >= 4 is 35.0 Å². The van der Waals surface area contributed by atoms with E-state index in [0.29, 0.717) is 56.4 Å². The largest absolute Gasteiger partial charge is 0.339 e. The molecule has 1 aromatic carbocycles. The Morgan fingerprint density at radius 1 is 1.09 bits per heavy atom. The molecule has 0 spiro atoms. The van der Waals surface area contributed by atoms with Crippen molar-refractivity contribution in [2.45, 2.75) is 51.5 Å². The Balaban J connectivity index is 1.46. The summed E-state index contributed by atoms with van der Waals surface area (Å²) in [5.74, 6) is -0.471. The van der Waals surface area contributed by atoms with E-state index in [4.69, 9.17) is 0 Å². The summed E-state index contributed by atoms with van der Waals surface area (Å²) >= 11 is 1.62. The highest BCUT2D eigenvalue weighted by atomic mass is 32.1. The van der Waals surface area contributed by atoms with E-state index in [1.54, 1.807) is 40.5 Å². The molecule has 34 heavy (non-hydrogen) atoms. The van der Waals surface area contributed by atoms with E-state index in [0.717, 1.165) is 11.3 Å². The van der Waals surface area contributed by atoms with Crippen LogP contribution in [0.5, 0.6) is 0 Å². The van der Waals surface area contributed by atoms with Crippen LogP contribution in [0.2, 0.25) is 0 Å². The van der Waals surface area contributed by atoms with Gasteiger partial charge in [-0.15, -0.1) is 11.3 Å². The highest BCUT2D eigenvalue weighted by molar-refractivity contribution is 7.09.